The van der Waals surface area contributed by atoms with Crippen molar-refractivity contribution in [2.24, 2.45) is 0 Å². The smallest absolute Gasteiger partial charge is 0.393 e. The number of hydrogen-bond acceptors (Lipinski definition) is 4. The molecule has 1 aliphatic rings. The molecular weight excluding hydrogens is 356 g/mol. The summed E-state index contributed by atoms with van der Waals surface area (Å²) in [5, 5.41) is 15.6. The molecule has 1 amide bonds. The van der Waals surface area contributed by atoms with Gasteiger partial charge < -0.3 is 14.9 Å². The summed E-state index contributed by atoms with van der Waals surface area (Å²) in [6, 6.07) is 3.38. The van der Waals surface area contributed by atoms with Gasteiger partial charge in [0.25, 0.3) is 5.91 Å². The van der Waals surface area contributed by atoms with Crippen LogP contribution in [0, 0.1) is 5.82 Å². The van der Waals surface area contributed by atoms with E-state index in [-0.39, 0.29) is 11.6 Å². The zero-order valence-electron chi connectivity index (χ0n) is 13.5. The van der Waals surface area contributed by atoms with Crippen molar-refractivity contribution in [1.82, 2.24) is 10.5 Å². The van der Waals surface area contributed by atoms with Crippen LogP contribution in [0.4, 0.5) is 17.6 Å². The first kappa shape index (κ1) is 18.4. The third-order valence-electron chi connectivity index (χ3n) is 4.31. The molecule has 5 nitrogen and oxygen atoms in total. The van der Waals surface area contributed by atoms with Gasteiger partial charge in [0.1, 0.15) is 0 Å². The lowest BCUT2D eigenvalue weighted by Crippen LogP contribution is -2.40. The molecule has 0 saturated heterocycles. The standard InChI is InChI=1S/C17H16F4N2O3/c18-13-14(16(25)22-11-2-1-3-12(24)8-11)23-26-15(13)9-4-6-10(7-5-9)17(19,20)21/h4-7,11-12,24H,1-3,8H2,(H,22,25). The summed E-state index contributed by atoms with van der Waals surface area (Å²) in [5.74, 6) is -2.24. The molecule has 2 aromatic rings. The van der Waals surface area contributed by atoms with Gasteiger partial charge in [-0.25, -0.2) is 0 Å². The first-order chi connectivity index (χ1) is 12.3. The van der Waals surface area contributed by atoms with Gasteiger partial charge in [-0.2, -0.15) is 17.6 Å². The van der Waals surface area contributed by atoms with Crippen LogP contribution >= 0.6 is 0 Å². The molecule has 1 heterocycles. The minimum atomic E-state index is -4.51. The van der Waals surface area contributed by atoms with Crippen molar-refractivity contribution < 1.29 is 32.0 Å². The van der Waals surface area contributed by atoms with Crippen molar-refractivity contribution in [1.29, 1.82) is 0 Å². The lowest BCUT2D eigenvalue weighted by atomic mass is 9.93. The Hall–Kier alpha value is -2.42. The SMILES string of the molecule is O=C(NC1CCCC(O)C1)c1noc(-c2ccc(C(F)(F)F)cc2)c1F. The molecule has 0 aliphatic heterocycles. The van der Waals surface area contributed by atoms with Crippen LogP contribution < -0.4 is 5.32 Å². The fourth-order valence-corrected chi connectivity index (χ4v) is 2.96. The lowest BCUT2D eigenvalue weighted by molar-refractivity contribution is -0.137. The molecule has 140 valence electrons. The molecule has 2 N–H and O–H groups in total. The van der Waals surface area contributed by atoms with Gasteiger partial charge in [-0.15, -0.1) is 0 Å². The van der Waals surface area contributed by atoms with Crippen LogP contribution in [0.15, 0.2) is 28.8 Å². The van der Waals surface area contributed by atoms with Gasteiger partial charge in [0, 0.05) is 11.6 Å². The van der Waals surface area contributed by atoms with Crippen LogP contribution in [0.25, 0.3) is 11.3 Å². The molecular formula is C17H16F4N2O3. The van der Waals surface area contributed by atoms with Crippen molar-refractivity contribution in [2.45, 2.75) is 44.0 Å². The molecule has 1 saturated carbocycles. The molecule has 0 spiro atoms. The molecule has 26 heavy (non-hydrogen) atoms. The van der Waals surface area contributed by atoms with Crippen LogP contribution in [-0.4, -0.2) is 28.3 Å². The minimum absolute atomic E-state index is 0.0372. The van der Waals surface area contributed by atoms with E-state index in [9.17, 15) is 27.5 Å². The summed E-state index contributed by atoms with van der Waals surface area (Å²) in [6.45, 7) is 0. The topological polar surface area (TPSA) is 75.4 Å². The summed E-state index contributed by atoms with van der Waals surface area (Å²) in [4.78, 5) is 12.2. The van der Waals surface area contributed by atoms with Gasteiger partial charge >= 0.3 is 6.18 Å². The minimum Gasteiger partial charge on any atom is -0.393 e. The largest absolute Gasteiger partial charge is 0.416 e. The first-order valence-corrected chi connectivity index (χ1v) is 8.07. The fourth-order valence-electron chi connectivity index (χ4n) is 2.96. The number of aliphatic hydroxyl groups is 1. The van der Waals surface area contributed by atoms with Crippen molar-refractivity contribution in [3.63, 3.8) is 0 Å². The molecule has 2 unspecified atom stereocenters. The Balaban J connectivity index is 1.76. The number of nitrogens with zero attached hydrogens (tertiary/aromatic N) is 1. The summed E-state index contributed by atoms with van der Waals surface area (Å²) >= 11 is 0. The Morgan fingerprint density at radius 2 is 1.92 bits per heavy atom. The van der Waals surface area contributed by atoms with Crippen molar-refractivity contribution in [3.05, 3.63) is 41.3 Å². The maximum atomic E-state index is 14.4. The molecule has 1 aromatic carbocycles. The van der Waals surface area contributed by atoms with Gasteiger partial charge in [-0.05, 0) is 37.8 Å². The zero-order valence-corrected chi connectivity index (χ0v) is 13.5. The quantitative estimate of drug-likeness (QED) is 0.809. The lowest BCUT2D eigenvalue weighted by Gasteiger charge is -2.26. The number of amides is 1. The highest BCUT2D eigenvalue weighted by Crippen LogP contribution is 2.32. The van der Waals surface area contributed by atoms with E-state index in [1.165, 1.54) is 0 Å². The number of alkyl halides is 3. The van der Waals surface area contributed by atoms with Gasteiger partial charge in [0.05, 0.1) is 11.7 Å². The van der Waals surface area contributed by atoms with Crippen molar-refractivity contribution >= 4 is 5.91 Å². The Bertz CT molecular complexity index is 786. The number of rotatable bonds is 3. The number of carbonyl (C=O) groups excluding carboxylic acids is 1. The number of benzene rings is 1. The molecule has 0 radical (unpaired) electrons. The van der Waals surface area contributed by atoms with E-state index < -0.39 is 41.0 Å². The summed E-state index contributed by atoms with van der Waals surface area (Å²) in [5.41, 5.74) is -1.41. The fraction of sp³-hybridized carbons (Fsp3) is 0.412. The molecule has 0 bridgehead atoms. The van der Waals surface area contributed by atoms with Gasteiger partial charge in [0.15, 0.2) is 0 Å². The molecule has 3 rings (SSSR count). The summed E-state index contributed by atoms with van der Waals surface area (Å²) in [7, 11) is 0. The van der Waals surface area contributed by atoms with Crippen molar-refractivity contribution in [2.75, 3.05) is 0 Å². The van der Waals surface area contributed by atoms with Crippen LogP contribution in [0.3, 0.4) is 0 Å². The van der Waals surface area contributed by atoms with E-state index in [2.05, 4.69) is 10.5 Å². The third kappa shape index (κ3) is 3.87. The highest BCUT2D eigenvalue weighted by molar-refractivity contribution is 5.93. The van der Waals surface area contributed by atoms with Crippen LogP contribution in [-0.2, 0) is 6.18 Å². The number of carbonyl (C=O) groups is 1. The van der Waals surface area contributed by atoms with Gasteiger partial charge in [0.2, 0.25) is 17.3 Å². The second-order valence-corrected chi connectivity index (χ2v) is 6.24. The van der Waals surface area contributed by atoms with Crippen LogP contribution in [0.2, 0.25) is 0 Å². The highest BCUT2D eigenvalue weighted by Gasteiger charge is 2.31. The van der Waals surface area contributed by atoms with Gasteiger partial charge in [-0.3, -0.25) is 4.79 Å². The monoisotopic (exact) mass is 372 g/mol. The second kappa shape index (κ2) is 7.06. The molecule has 1 aliphatic carbocycles. The molecule has 1 aromatic heterocycles. The number of aromatic nitrogens is 1. The maximum absolute atomic E-state index is 14.4. The molecule has 1 fully saturated rings. The third-order valence-corrected chi connectivity index (χ3v) is 4.31. The zero-order chi connectivity index (χ0) is 18.9. The number of hydrogen-bond donors (Lipinski definition) is 2. The normalized spacial score (nSPS) is 20.8. The molecule has 2 atom stereocenters. The predicted octanol–water partition coefficient (Wildman–Crippen LogP) is 3.53. The Labute approximate surface area is 146 Å². The van der Waals surface area contributed by atoms with E-state index in [0.717, 1.165) is 30.7 Å². The van der Waals surface area contributed by atoms with Crippen molar-refractivity contribution in [3.8, 4) is 11.3 Å². The van der Waals surface area contributed by atoms with E-state index in [0.29, 0.717) is 19.3 Å². The summed E-state index contributed by atoms with van der Waals surface area (Å²) < 4.78 is 57.0. The Morgan fingerprint density at radius 3 is 2.54 bits per heavy atom. The average molecular weight is 372 g/mol. The highest BCUT2D eigenvalue weighted by atomic mass is 19.4. The second-order valence-electron chi connectivity index (χ2n) is 6.24. The Kier molecular flexibility index (Phi) is 4.99. The average Bonchev–Trinajstić information content (AvgIpc) is 2.96. The van der Waals surface area contributed by atoms with E-state index >= 15 is 0 Å². The van der Waals surface area contributed by atoms with Gasteiger partial charge in [-0.1, -0.05) is 17.3 Å². The predicted molar refractivity (Wildman–Crippen MR) is 82.6 cm³/mol. The first-order valence-electron chi connectivity index (χ1n) is 8.07. The molecule has 9 heteroatoms. The van der Waals surface area contributed by atoms with Crippen LogP contribution in [0.5, 0.6) is 0 Å². The number of nitrogens with one attached hydrogen (secondary N) is 1. The van der Waals surface area contributed by atoms with E-state index in [4.69, 9.17) is 4.52 Å². The van der Waals surface area contributed by atoms with Crippen LogP contribution in [0.1, 0.15) is 41.7 Å². The Morgan fingerprint density at radius 1 is 1.23 bits per heavy atom. The summed E-state index contributed by atoms with van der Waals surface area (Å²) in [6.07, 6.45) is -2.59. The maximum Gasteiger partial charge on any atom is 0.416 e. The number of halogens is 4. The number of aliphatic hydroxyl groups excluding tert-OH is 1. The van der Waals surface area contributed by atoms with E-state index in [1.807, 2.05) is 0 Å². The van der Waals surface area contributed by atoms with E-state index in [1.54, 1.807) is 0 Å².